The van der Waals surface area contributed by atoms with Crippen molar-refractivity contribution in [2.45, 2.75) is 44.1 Å². The van der Waals surface area contributed by atoms with Gasteiger partial charge in [0.15, 0.2) is 0 Å². The first-order valence-electron chi connectivity index (χ1n) is 10.4. The number of hydrogen-bond donors (Lipinski definition) is 2. The highest BCUT2D eigenvalue weighted by molar-refractivity contribution is 6.03. The molecule has 4 heteroatoms. The molecule has 4 nitrogen and oxygen atoms in total. The van der Waals surface area contributed by atoms with Crippen molar-refractivity contribution in [3.63, 3.8) is 0 Å². The molecule has 5 rings (SSSR count). The number of aromatic nitrogens is 1. The fourth-order valence-corrected chi connectivity index (χ4v) is 4.52. The van der Waals surface area contributed by atoms with E-state index in [-0.39, 0.29) is 5.54 Å². The molecule has 0 radical (unpaired) electrons. The smallest absolute Gasteiger partial charge is 0.0886 e. The lowest BCUT2D eigenvalue weighted by molar-refractivity contribution is 0.253. The highest BCUT2D eigenvalue weighted by Gasteiger charge is 2.34. The standard InChI is InChI=1S/C25H25N3O/c26-25(14-5-15-25)19-12-10-18(11-13-19)24-20(17-6-2-1-3-7-17)16-21-22(27-24)8-4-9-23(21)28-29/h1-3,6-7,10-13,16,29H,4-5,8-9,14-15,26H2/b28-23+. The molecule has 0 bridgehead atoms. The van der Waals surface area contributed by atoms with E-state index < -0.39 is 0 Å². The Kier molecular flexibility index (Phi) is 4.44. The summed E-state index contributed by atoms with van der Waals surface area (Å²) in [5, 5.41) is 13.0. The topological polar surface area (TPSA) is 71.5 Å². The van der Waals surface area contributed by atoms with Crippen molar-refractivity contribution in [3.8, 4) is 22.4 Å². The number of nitrogens with zero attached hydrogens (tertiary/aromatic N) is 2. The zero-order valence-electron chi connectivity index (χ0n) is 16.4. The lowest BCUT2D eigenvalue weighted by atomic mass is 9.72. The molecule has 1 fully saturated rings. The molecule has 0 unspecified atom stereocenters. The first-order valence-corrected chi connectivity index (χ1v) is 10.4. The number of nitrogens with two attached hydrogens (primary N) is 1. The average Bonchev–Trinajstić information content (AvgIpc) is 2.77. The van der Waals surface area contributed by atoms with Gasteiger partial charge in [0.1, 0.15) is 0 Å². The van der Waals surface area contributed by atoms with Gasteiger partial charge in [-0.15, -0.1) is 0 Å². The highest BCUT2D eigenvalue weighted by Crippen LogP contribution is 2.40. The molecule has 3 aromatic rings. The van der Waals surface area contributed by atoms with E-state index in [4.69, 9.17) is 10.7 Å². The normalized spacial score (nSPS) is 18.9. The number of fused-ring (bicyclic) bond motifs is 1. The van der Waals surface area contributed by atoms with E-state index in [2.05, 4.69) is 47.6 Å². The van der Waals surface area contributed by atoms with Crippen LogP contribution in [0, 0.1) is 0 Å². The number of benzene rings is 2. The summed E-state index contributed by atoms with van der Waals surface area (Å²) >= 11 is 0. The number of rotatable bonds is 3. The first kappa shape index (κ1) is 18.1. The Morgan fingerprint density at radius 3 is 2.28 bits per heavy atom. The Hall–Kier alpha value is -2.98. The molecular weight excluding hydrogens is 358 g/mol. The van der Waals surface area contributed by atoms with Gasteiger partial charge in [0.25, 0.3) is 0 Å². The summed E-state index contributed by atoms with van der Waals surface area (Å²) in [5.41, 5.74) is 14.5. The lowest BCUT2D eigenvalue weighted by Crippen LogP contribution is -2.43. The summed E-state index contributed by atoms with van der Waals surface area (Å²) in [6.07, 6.45) is 5.96. The quantitative estimate of drug-likeness (QED) is 0.478. The third-order valence-corrected chi connectivity index (χ3v) is 6.42. The van der Waals surface area contributed by atoms with Crippen LogP contribution in [-0.2, 0) is 12.0 Å². The summed E-state index contributed by atoms with van der Waals surface area (Å²) in [6, 6.07) is 21.0. The molecule has 2 aliphatic carbocycles. The monoisotopic (exact) mass is 383 g/mol. The molecule has 2 aromatic carbocycles. The van der Waals surface area contributed by atoms with Crippen LogP contribution in [0.1, 0.15) is 48.9 Å². The van der Waals surface area contributed by atoms with Crippen molar-refractivity contribution >= 4 is 5.71 Å². The largest absolute Gasteiger partial charge is 0.411 e. The van der Waals surface area contributed by atoms with Gasteiger partial charge in [-0.25, -0.2) is 0 Å². The number of hydrogen-bond acceptors (Lipinski definition) is 4. The van der Waals surface area contributed by atoms with E-state index in [1.807, 2.05) is 18.2 Å². The van der Waals surface area contributed by atoms with Gasteiger partial charge in [0.05, 0.1) is 17.1 Å². The van der Waals surface area contributed by atoms with Crippen LogP contribution in [0.15, 0.2) is 65.8 Å². The minimum atomic E-state index is -0.156. The highest BCUT2D eigenvalue weighted by atomic mass is 16.4. The molecule has 146 valence electrons. The Morgan fingerprint density at radius 1 is 0.862 bits per heavy atom. The number of oxime groups is 1. The lowest BCUT2D eigenvalue weighted by Gasteiger charge is -2.38. The van der Waals surface area contributed by atoms with Crippen LogP contribution in [0.3, 0.4) is 0 Å². The Bertz CT molecular complexity index is 1070. The summed E-state index contributed by atoms with van der Waals surface area (Å²) in [6.45, 7) is 0. The maximum atomic E-state index is 9.47. The van der Waals surface area contributed by atoms with Gasteiger partial charge in [-0.05, 0) is 55.7 Å². The predicted octanol–water partition coefficient (Wildman–Crippen LogP) is 5.27. The van der Waals surface area contributed by atoms with E-state index >= 15 is 0 Å². The molecule has 1 heterocycles. The van der Waals surface area contributed by atoms with Gasteiger partial charge in [-0.1, -0.05) is 59.8 Å². The van der Waals surface area contributed by atoms with Crippen molar-refractivity contribution in [1.29, 1.82) is 0 Å². The Balaban J connectivity index is 1.65. The second kappa shape index (κ2) is 7.12. The van der Waals surface area contributed by atoms with E-state index in [1.54, 1.807) is 0 Å². The minimum absolute atomic E-state index is 0.156. The molecule has 29 heavy (non-hydrogen) atoms. The molecule has 0 atom stereocenters. The molecule has 0 aliphatic heterocycles. The van der Waals surface area contributed by atoms with Crippen molar-refractivity contribution in [3.05, 3.63) is 77.5 Å². The van der Waals surface area contributed by atoms with Crippen LogP contribution in [0.25, 0.3) is 22.4 Å². The van der Waals surface area contributed by atoms with Crippen LogP contribution >= 0.6 is 0 Å². The number of pyridine rings is 1. The molecule has 3 N–H and O–H groups in total. The van der Waals surface area contributed by atoms with Crippen molar-refractivity contribution in [1.82, 2.24) is 4.98 Å². The van der Waals surface area contributed by atoms with E-state index in [0.29, 0.717) is 0 Å². The molecule has 2 aliphatic rings. The molecule has 1 aromatic heterocycles. The second-order valence-corrected chi connectivity index (χ2v) is 8.23. The van der Waals surface area contributed by atoms with E-state index in [9.17, 15) is 5.21 Å². The summed E-state index contributed by atoms with van der Waals surface area (Å²) in [4.78, 5) is 5.06. The fraction of sp³-hybridized carbons (Fsp3) is 0.280. The SMILES string of the molecule is NC1(c2ccc(-c3nc4c(cc3-c3ccccc3)/C(=N/O)CCC4)cc2)CCC1. The molecule has 0 saturated heterocycles. The Labute approximate surface area is 171 Å². The van der Waals surface area contributed by atoms with Crippen molar-refractivity contribution in [2.24, 2.45) is 10.9 Å². The molecular formula is C25H25N3O. The third kappa shape index (κ3) is 3.14. The summed E-state index contributed by atoms with van der Waals surface area (Å²) in [5.74, 6) is 0. The zero-order valence-corrected chi connectivity index (χ0v) is 16.4. The zero-order chi connectivity index (χ0) is 19.8. The summed E-state index contributed by atoms with van der Waals surface area (Å²) < 4.78 is 0. The van der Waals surface area contributed by atoms with Crippen LogP contribution in [0.5, 0.6) is 0 Å². The van der Waals surface area contributed by atoms with Gasteiger partial charge in [0.2, 0.25) is 0 Å². The van der Waals surface area contributed by atoms with Crippen molar-refractivity contribution in [2.75, 3.05) is 0 Å². The van der Waals surface area contributed by atoms with Crippen LogP contribution in [0.4, 0.5) is 0 Å². The Morgan fingerprint density at radius 2 is 1.62 bits per heavy atom. The van der Waals surface area contributed by atoms with Crippen LogP contribution in [-0.4, -0.2) is 15.9 Å². The average molecular weight is 383 g/mol. The van der Waals surface area contributed by atoms with Gasteiger partial charge in [0, 0.05) is 22.2 Å². The fourth-order valence-electron chi connectivity index (χ4n) is 4.52. The van der Waals surface area contributed by atoms with Crippen molar-refractivity contribution < 1.29 is 5.21 Å². The summed E-state index contributed by atoms with van der Waals surface area (Å²) in [7, 11) is 0. The van der Waals surface area contributed by atoms with E-state index in [0.717, 1.165) is 71.5 Å². The van der Waals surface area contributed by atoms with E-state index in [1.165, 1.54) is 12.0 Å². The van der Waals surface area contributed by atoms with Gasteiger partial charge in [-0.2, -0.15) is 0 Å². The first-order chi connectivity index (χ1) is 14.2. The van der Waals surface area contributed by atoms with Gasteiger partial charge >= 0.3 is 0 Å². The minimum Gasteiger partial charge on any atom is -0.411 e. The molecule has 0 spiro atoms. The predicted molar refractivity (Wildman–Crippen MR) is 116 cm³/mol. The van der Waals surface area contributed by atoms with Crippen LogP contribution in [0.2, 0.25) is 0 Å². The maximum Gasteiger partial charge on any atom is 0.0886 e. The molecule has 0 amide bonds. The van der Waals surface area contributed by atoms with Gasteiger partial charge < -0.3 is 10.9 Å². The second-order valence-electron chi connectivity index (χ2n) is 8.23. The van der Waals surface area contributed by atoms with Gasteiger partial charge in [-0.3, -0.25) is 4.98 Å². The third-order valence-electron chi connectivity index (χ3n) is 6.42. The maximum absolute atomic E-state index is 9.47. The number of aryl methyl sites for hydroxylation is 1. The van der Waals surface area contributed by atoms with Crippen LogP contribution < -0.4 is 5.73 Å². The molecule has 1 saturated carbocycles.